The molecule has 0 bridgehead atoms. The highest BCUT2D eigenvalue weighted by Crippen LogP contribution is 2.61. The number of aliphatic hydroxyl groups is 2. The second-order valence-electron chi connectivity index (χ2n) is 8.13. The van der Waals surface area contributed by atoms with Crippen molar-refractivity contribution in [1.29, 1.82) is 0 Å². The number of fused-ring (bicyclic) bond motifs is 1. The zero-order valence-electron chi connectivity index (χ0n) is 14.6. The molecule has 0 amide bonds. The predicted molar refractivity (Wildman–Crippen MR) is 91.8 cm³/mol. The zero-order valence-corrected chi connectivity index (χ0v) is 14.6. The van der Waals surface area contributed by atoms with Crippen molar-refractivity contribution in [2.24, 2.45) is 22.7 Å². The van der Waals surface area contributed by atoms with Crippen molar-refractivity contribution in [1.82, 2.24) is 0 Å². The fourth-order valence-corrected chi connectivity index (χ4v) is 5.34. The van der Waals surface area contributed by atoms with Crippen LogP contribution in [-0.4, -0.2) is 28.9 Å². The minimum absolute atomic E-state index is 0.00374. The summed E-state index contributed by atoms with van der Waals surface area (Å²) in [5, 5.41) is 20.5. The lowest BCUT2D eigenvalue weighted by Gasteiger charge is -2.59. The largest absolute Gasteiger partial charge is 0.431 e. The van der Waals surface area contributed by atoms with Gasteiger partial charge in [0.25, 0.3) is 0 Å². The van der Waals surface area contributed by atoms with Crippen LogP contribution in [0.15, 0.2) is 36.1 Å². The first kappa shape index (κ1) is 17.4. The second-order valence-corrected chi connectivity index (χ2v) is 8.13. The van der Waals surface area contributed by atoms with E-state index in [4.69, 9.17) is 4.74 Å². The van der Waals surface area contributed by atoms with Gasteiger partial charge in [-0.25, -0.2) is 4.79 Å². The van der Waals surface area contributed by atoms with E-state index in [1.807, 2.05) is 13.0 Å². The first-order chi connectivity index (χ1) is 11.3. The molecule has 0 aromatic heterocycles. The summed E-state index contributed by atoms with van der Waals surface area (Å²) in [6, 6.07) is 0. The molecule has 0 aromatic carbocycles. The highest BCUT2D eigenvalue weighted by Gasteiger charge is 2.57. The van der Waals surface area contributed by atoms with Crippen molar-refractivity contribution in [2.75, 3.05) is 6.61 Å². The third-order valence-corrected chi connectivity index (χ3v) is 6.93. The molecule has 3 aliphatic rings. The number of cyclic esters (lactones) is 1. The molecule has 1 heterocycles. The summed E-state index contributed by atoms with van der Waals surface area (Å²) in [6.07, 6.45) is 8.86. The third kappa shape index (κ3) is 2.56. The molecule has 0 unspecified atom stereocenters. The lowest BCUT2D eigenvalue weighted by atomic mass is 9.46. The molecule has 2 aliphatic carbocycles. The zero-order chi connectivity index (χ0) is 17.5. The van der Waals surface area contributed by atoms with Crippen molar-refractivity contribution in [3.8, 4) is 0 Å². The minimum atomic E-state index is -0.467. The molecule has 3 rings (SSSR count). The summed E-state index contributed by atoms with van der Waals surface area (Å²) in [5.41, 5.74) is 1.34. The average Bonchev–Trinajstić information content (AvgIpc) is 2.96. The van der Waals surface area contributed by atoms with E-state index in [-0.39, 0.29) is 29.8 Å². The van der Waals surface area contributed by atoms with Gasteiger partial charge in [0.15, 0.2) is 0 Å². The molecule has 1 aliphatic heterocycles. The van der Waals surface area contributed by atoms with Crippen LogP contribution in [-0.2, 0) is 9.53 Å². The van der Waals surface area contributed by atoms with Crippen LogP contribution in [0.5, 0.6) is 0 Å². The van der Waals surface area contributed by atoms with Gasteiger partial charge in [0.05, 0.1) is 24.5 Å². The molecular weight excluding hydrogens is 304 g/mol. The lowest BCUT2D eigenvalue weighted by Crippen LogP contribution is -2.57. The number of esters is 1. The van der Waals surface area contributed by atoms with Gasteiger partial charge in [-0.15, -0.1) is 0 Å². The van der Waals surface area contributed by atoms with Gasteiger partial charge in [-0.1, -0.05) is 32.1 Å². The molecular formula is C20H28O4. The third-order valence-electron chi connectivity index (χ3n) is 6.93. The van der Waals surface area contributed by atoms with Crippen LogP contribution < -0.4 is 0 Å². The van der Waals surface area contributed by atoms with Crippen LogP contribution in [0.1, 0.15) is 46.0 Å². The summed E-state index contributed by atoms with van der Waals surface area (Å²) >= 11 is 0. The van der Waals surface area contributed by atoms with Gasteiger partial charge in [0.2, 0.25) is 0 Å². The van der Waals surface area contributed by atoms with Crippen molar-refractivity contribution in [3.05, 3.63) is 36.1 Å². The van der Waals surface area contributed by atoms with Gasteiger partial charge in [-0.2, -0.15) is 0 Å². The molecule has 2 fully saturated rings. The molecule has 0 radical (unpaired) electrons. The van der Waals surface area contributed by atoms with E-state index in [2.05, 4.69) is 13.5 Å². The fourth-order valence-electron chi connectivity index (χ4n) is 5.34. The molecule has 4 nitrogen and oxygen atoms in total. The van der Waals surface area contributed by atoms with Gasteiger partial charge in [-0.3, -0.25) is 0 Å². The Bertz CT molecular complexity index is 605. The van der Waals surface area contributed by atoms with E-state index in [1.165, 1.54) is 11.8 Å². The monoisotopic (exact) mass is 332 g/mol. The van der Waals surface area contributed by atoms with Crippen molar-refractivity contribution >= 4 is 5.97 Å². The molecule has 2 saturated carbocycles. The van der Waals surface area contributed by atoms with E-state index in [9.17, 15) is 15.0 Å². The van der Waals surface area contributed by atoms with Gasteiger partial charge in [0.1, 0.15) is 0 Å². The number of aliphatic hydroxyl groups excluding tert-OH is 2. The predicted octanol–water partition coefficient (Wildman–Crippen LogP) is 3.12. The van der Waals surface area contributed by atoms with Crippen LogP contribution in [0, 0.1) is 22.7 Å². The molecule has 0 aromatic rings. The molecule has 132 valence electrons. The van der Waals surface area contributed by atoms with E-state index in [0.717, 1.165) is 25.7 Å². The Balaban J connectivity index is 1.89. The number of ether oxygens (including phenoxy) is 1. The van der Waals surface area contributed by atoms with Crippen LogP contribution in [0.3, 0.4) is 0 Å². The number of hydrogen-bond donors (Lipinski definition) is 2. The lowest BCUT2D eigenvalue weighted by molar-refractivity contribution is -0.151. The second kappa shape index (κ2) is 6.16. The van der Waals surface area contributed by atoms with E-state index < -0.39 is 11.5 Å². The number of carbonyl (C=O) groups excluding carboxylic acids is 1. The SMILES string of the molecule is C=C1CC[C@H]2[C@](C)(CO)[C@H](O)CC[C@@]2(C)[C@H]1C/C=C1\C=COC1=O. The van der Waals surface area contributed by atoms with E-state index in [1.54, 1.807) is 6.08 Å². The summed E-state index contributed by atoms with van der Waals surface area (Å²) < 4.78 is 4.85. The highest BCUT2D eigenvalue weighted by atomic mass is 16.5. The first-order valence-electron chi connectivity index (χ1n) is 8.87. The summed E-state index contributed by atoms with van der Waals surface area (Å²) in [5.74, 6) is 0.208. The fraction of sp³-hybridized carbons (Fsp3) is 0.650. The topological polar surface area (TPSA) is 66.8 Å². The minimum Gasteiger partial charge on any atom is -0.431 e. The van der Waals surface area contributed by atoms with Crippen molar-refractivity contribution < 1.29 is 19.7 Å². The Hall–Kier alpha value is -1.39. The summed E-state index contributed by atoms with van der Waals surface area (Å²) in [7, 11) is 0. The standard InChI is InChI=1S/C20H28O4/c1-13-4-7-16-19(2,10-8-17(22)20(16,3)12-21)15(13)6-5-14-9-11-24-18(14)23/h5,9,11,15-17,21-22H,1,4,6-8,10,12H2,2-3H3/b14-5+/t15-,16+,17+,19-,20-/m0/s1. The maximum atomic E-state index is 11.6. The molecule has 5 atom stereocenters. The highest BCUT2D eigenvalue weighted by molar-refractivity contribution is 5.94. The maximum absolute atomic E-state index is 11.6. The quantitative estimate of drug-likeness (QED) is 0.473. The van der Waals surface area contributed by atoms with Crippen LogP contribution in [0.25, 0.3) is 0 Å². The average molecular weight is 332 g/mol. The molecule has 0 saturated heterocycles. The van der Waals surface area contributed by atoms with Crippen LogP contribution in [0.4, 0.5) is 0 Å². The Morgan fingerprint density at radius 3 is 2.79 bits per heavy atom. The molecule has 24 heavy (non-hydrogen) atoms. The van der Waals surface area contributed by atoms with E-state index in [0.29, 0.717) is 12.0 Å². The molecule has 2 N–H and O–H groups in total. The Labute approximate surface area is 143 Å². The summed E-state index contributed by atoms with van der Waals surface area (Å²) in [6.45, 7) is 8.59. The number of rotatable bonds is 3. The normalized spacial score (nSPS) is 43.8. The van der Waals surface area contributed by atoms with Gasteiger partial charge in [0, 0.05) is 5.41 Å². The molecule has 0 spiro atoms. The van der Waals surface area contributed by atoms with Gasteiger partial charge >= 0.3 is 5.97 Å². The van der Waals surface area contributed by atoms with E-state index >= 15 is 0 Å². The first-order valence-corrected chi connectivity index (χ1v) is 8.87. The Morgan fingerprint density at radius 1 is 1.42 bits per heavy atom. The Morgan fingerprint density at radius 2 is 2.17 bits per heavy atom. The number of allylic oxidation sites excluding steroid dienone is 2. The van der Waals surface area contributed by atoms with Crippen molar-refractivity contribution in [2.45, 2.75) is 52.1 Å². The van der Waals surface area contributed by atoms with Gasteiger partial charge in [-0.05, 0) is 55.4 Å². The van der Waals surface area contributed by atoms with Crippen LogP contribution in [0.2, 0.25) is 0 Å². The number of hydrogen-bond acceptors (Lipinski definition) is 4. The molecule has 4 heteroatoms. The maximum Gasteiger partial charge on any atom is 0.342 e. The Kier molecular flexibility index (Phi) is 4.47. The van der Waals surface area contributed by atoms with Crippen molar-refractivity contribution in [3.63, 3.8) is 0 Å². The number of carbonyl (C=O) groups is 1. The summed E-state index contributed by atoms with van der Waals surface area (Å²) in [4.78, 5) is 11.6. The van der Waals surface area contributed by atoms with Gasteiger partial charge < -0.3 is 14.9 Å². The smallest absolute Gasteiger partial charge is 0.342 e. The van der Waals surface area contributed by atoms with Crippen LogP contribution >= 0.6 is 0 Å².